The zero-order valence-corrected chi connectivity index (χ0v) is 5.02. The zero-order valence-electron chi connectivity index (χ0n) is 4.20. The standard InChI is InChI=1S/C4H7NO2S/c5-3(1-2-8)4(6)7/h2-3H,1,5H2,(H,6,7). The van der Waals surface area contributed by atoms with Crippen LogP contribution in [-0.4, -0.2) is 22.5 Å². The lowest BCUT2D eigenvalue weighted by molar-refractivity contribution is -0.138. The average molecular weight is 133 g/mol. The Bertz CT molecular complexity index is 104. The van der Waals surface area contributed by atoms with Crippen LogP contribution in [0.2, 0.25) is 0 Å². The highest BCUT2D eigenvalue weighted by Crippen LogP contribution is 1.82. The van der Waals surface area contributed by atoms with Crippen LogP contribution in [0.1, 0.15) is 6.42 Å². The predicted molar refractivity (Wildman–Crippen MR) is 33.9 cm³/mol. The molecule has 0 saturated heterocycles. The summed E-state index contributed by atoms with van der Waals surface area (Å²) in [7, 11) is 0. The molecular weight excluding hydrogens is 126 g/mol. The van der Waals surface area contributed by atoms with Crippen molar-refractivity contribution < 1.29 is 9.90 Å². The highest BCUT2D eigenvalue weighted by Gasteiger charge is 2.07. The molecule has 3 nitrogen and oxygen atoms in total. The molecule has 0 aliphatic rings. The first-order valence-electron chi connectivity index (χ1n) is 2.10. The largest absolute Gasteiger partial charge is 0.480 e. The van der Waals surface area contributed by atoms with Crippen molar-refractivity contribution in [3.63, 3.8) is 0 Å². The summed E-state index contributed by atoms with van der Waals surface area (Å²) >= 11 is 4.38. The molecule has 46 valence electrons. The predicted octanol–water partition coefficient (Wildman–Crippen LogP) is -0.212. The molecular formula is C4H7NO2S. The van der Waals surface area contributed by atoms with E-state index in [9.17, 15) is 4.79 Å². The summed E-state index contributed by atoms with van der Waals surface area (Å²) in [4.78, 5) is 9.90. The molecule has 0 amide bonds. The Morgan fingerprint density at radius 3 is 2.62 bits per heavy atom. The Hall–Kier alpha value is -0.480. The minimum absolute atomic E-state index is 0.255. The Morgan fingerprint density at radius 1 is 2.00 bits per heavy atom. The van der Waals surface area contributed by atoms with E-state index in [1.165, 1.54) is 5.37 Å². The number of thiocarbonyl (C=S) groups is 1. The number of hydrogen-bond acceptors (Lipinski definition) is 3. The van der Waals surface area contributed by atoms with Crippen molar-refractivity contribution >= 4 is 23.6 Å². The maximum Gasteiger partial charge on any atom is 0.320 e. The van der Waals surface area contributed by atoms with E-state index < -0.39 is 12.0 Å². The number of carboxylic acids is 1. The summed E-state index contributed by atoms with van der Waals surface area (Å²) in [5.74, 6) is -1.01. The first-order chi connectivity index (χ1) is 3.68. The highest BCUT2D eigenvalue weighted by atomic mass is 32.1. The van der Waals surface area contributed by atoms with Gasteiger partial charge in [0, 0.05) is 6.42 Å². The maximum absolute atomic E-state index is 9.90. The van der Waals surface area contributed by atoms with Crippen LogP contribution in [0, 0.1) is 0 Å². The molecule has 0 aromatic rings. The second-order valence-electron chi connectivity index (χ2n) is 1.35. The summed E-state index contributed by atoms with van der Waals surface area (Å²) in [6.07, 6.45) is 0.255. The molecule has 0 heterocycles. The molecule has 1 unspecified atom stereocenters. The third-order valence-corrected chi connectivity index (χ3v) is 0.860. The Morgan fingerprint density at radius 2 is 2.50 bits per heavy atom. The quantitative estimate of drug-likeness (QED) is 0.523. The summed E-state index contributed by atoms with van der Waals surface area (Å²) in [6, 6.07) is -0.826. The van der Waals surface area contributed by atoms with Gasteiger partial charge in [0.15, 0.2) is 0 Å². The van der Waals surface area contributed by atoms with Crippen molar-refractivity contribution in [1.29, 1.82) is 0 Å². The Labute approximate surface area is 52.5 Å². The van der Waals surface area contributed by atoms with E-state index in [4.69, 9.17) is 10.8 Å². The van der Waals surface area contributed by atoms with Crippen molar-refractivity contribution in [3.8, 4) is 0 Å². The van der Waals surface area contributed by atoms with Gasteiger partial charge in [-0.15, -0.1) is 0 Å². The van der Waals surface area contributed by atoms with Crippen LogP contribution in [0.4, 0.5) is 0 Å². The monoisotopic (exact) mass is 133 g/mol. The van der Waals surface area contributed by atoms with E-state index in [0.29, 0.717) is 0 Å². The van der Waals surface area contributed by atoms with Gasteiger partial charge in [-0.05, 0) is 5.37 Å². The Balaban J connectivity index is 3.46. The molecule has 0 fully saturated rings. The molecule has 0 aromatic heterocycles. The van der Waals surface area contributed by atoms with Crippen LogP contribution in [0.3, 0.4) is 0 Å². The van der Waals surface area contributed by atoms with Crippen LogP contribution >= 0.6 is 12.2 Å². The highest BCUT2D eigenvalue weighted by molar-refractivity contribution is 7.78. The van der Waals surface area contributed by atoms with Crippen LogP contribution in [0.25, 0.3) is 0 Å². The van der Waals surface area contributed by atoms with Gasteiger partial charge in [0.2, 0.25) is 0 Å². The number of hydrogen-bond donors (Lipinski definition) is 2. The molecule has 0 spiro atoms. The van der Waals surface area contributed by atoms with Gasteiger partial charge in [-0.25, -0.2) is 0 Å². The van der Waals surface area contributed by atoms with Gasteiger partial charge in [0.1, 0.15) is 6.04 Å². The molecule has 0 aromatic carbocycles. The fraction of sp³-hybridized carbons (Fsp3) is 0.500. The van der Waals surface area contributed by atoms with E-state index in [1.807, 2.05) is 0 Å². The Kier molecular flexibility index (Phi) is 3.30. The number of carboxylic acid groups (broad SMARTS) is 1. The molecule has 0 bridgehead atoms. The minimum atomic E-state index is -1.01. The van der Waals surface area contributed by atoms with Gasteiger partial charge in [0.05, 0.1) is 0 Å². The number of nitrogens with two attached hydrogens (primary N) is 1. The molecule has 8 heavy (non-hydrogen) atoms. The van der Waals surface area contributed by atoms with Crippen LogP contribution in [0.5, 0.6) is 0 Å². The van der Waals surface area contributed by atoms with E-state index in [-0.39, 0.29) is 6.42 Å². The van der Waals surface area contributed by atoms with Crippen LogP contribution in [-0.2, 0) is 4.79 Å². The lowest BCUT2D eigenvalue weighted by atomic mass is 10.2. The zero-order chi connectivity index (χ0) is 6.57. The topological polar surface area (TPSA) is 63.3 Å². The summed E-state index contributed by atoms with van der Waals surface area (Å²) in [5, 5.41) is 9.44. The fourth-order valence-corrected chi connectivity index (χ4v) is 0.412. The van der Waals surface area contributed by atoms with Crippen molar-refractivity contribution in [3.05, 3.63) is 0 Å². The van der Waals surface area contributed by atoms with E-state index >= 15 is 0 Å². The third-order valence-electron chi connectivity index (χ3n) is 0.667. The van der Waals surface area contributed by atoms with Gasteiger partial charge in [-0.3, -0.25) is 4.79 Å². The van der Waals surface area contributed by atoms with Crippen LogP contribution < -0.4 is 5.73 Å². The molecule has 0 saturated carbocycles. The van der Waals surface area contributed by atoms with E-state index in [1.54, 1.807) is 0 Å². The van der Waals surface area contributed by atoms with Crippen molar-refractivity contribution in [2.45, 2.75) is 12.5 Å². The van der Waals surface area contributed by atoms with Gasteiger partial charge < -0.3 is 10.8 Å². The lowest BCUT2D eigenvalue weighted by Gasteiger charge is -1.97. The number of aliphatic carboxylic acids is 1. The summed E-state index contributed by atoms with van der Waals surface area (Å²) in [5.41, 5.74) is 5.03. The summed E-state index contributed by atoms with van der Waals surface area (Å²) in [6.45, 7) is 0. The van der Waals surface area contributed by atoms with E-state index in [0.717, 1.165) is 0 Å². The van der Waals surface area contributed by atoms with Crippen molar-refractivity contribution in [2.24, 2.45) is 5.73 Å². The van der Waals surface area contributed by atoms with Gasteiger partial charge in [-0.1, -0.05) is 12.2 Å². The van der Waals surface area contributed by atoms with Crippen molar-refractivity contribution in [1.82, 2.24) is 0 Å². The number of rotatable bonds is 3. The molecule has 0 radical (unpaired) electrons. The SMILES string of the molecule is NC(CC=S)C(=O)O. The molecule has 0 aliphatic carbocycles. The van der Waals surface area contributed by atoms with Crippen molar-refractivity contribution in [2.75, 3.05) is 0 Å². The van der Waals surface area contributed by atoms with Gasteiger partial charge >= 0.3 is 5.97 Å². The smallest absolute Gasteiger partial charge is 0.320 e. The van der Waals surface area contributed by atoms with Gasteiger partial charge in [0.25, 0.3) is 0 Å². The molecule has 0 rings (SSSR count). The first-order valence-corrected chi connectivity index (χ1v) is 2.57. The van der Waals surface area contributed by atoms with Gasteiger partial charge in [-0.2, -0.15) is 0 Å². The second kappa shape index (κ2) is 3.51. The molecule has 1 atom stereocenters. The third kappa shape index (κ3) is 2.65. The summed E-state index contributed by atoms with van der Waals surface area (Å²) < 4.78 is 0. The average Bonchev–Trinajstić information content (AvgIpc) is 1.67. The molecule has 4 heteroatoms. The minimum Gasteiger partial charge on any atom is -0.480 e. The fourth-order valence-electron chi connectivity index (χ4n) is 0.204. The lowest BCUT2D eigenvalue weighted by Crippen LogP contribution is -2.29. The normalized spacial score (nSPS) is 12.6. The molecule has 3 N–H and O–H groups in total. The second-order valence-corrected chi connectivity index (χ2v) is 1.68. The molecule has 0 aliphatic heterocycles. The van der Waals surface area contributed by atoms with E-state index in [2.05, 4.69) is 12.2 Å². The van der Waals surface area contributed by atoms with Crippen LogP contribution in [0.15, 0.2) is 0 Å². The first kappa shape index (κ1) is 7.52. The number of carbonyl (C=O) groups is 1. The maximum atomic E-state index is 9.90.